The lowest BCUT2D eigenvalue weighted by atomic mass is 10.2. The Morgan fingerprint density at radius 2 is 2.03 bits per heavy atom. The van der Waals surface area contributed by atoms with E-state index in [1.54, 1.807) is 42.6 Å². The van der Waals surface area contributed by atoms with E-state index in [4.69, 9.17) is 5.73 Å². The molecule has 0 saturated heterocycles. The van der Waals surface area contributed by atoms with Gasteiger partial charge in [0.15, 0.2) is 0 Å². The van der Waals surface area contributed by atoms with E-state index in [-0.39, 0.29) is 17.2 Å². The van der Waals surface area contributed by atoms with Crippen LogP contribution in [0, 0.1) is 0 Å². The molecule has 4 rings (SSSR count). The first kappa shape index (κ1) is 19.7. The number of anilines is 1. The van der Waals surface area contributed by atoms with Gasteiger partial charge in [0.2, 0.25) is 11.8 Å². The number of nitrogens with zero attached hydrogens (tertiary/aromatic N) is 2. The topological polar surface area (TPSA) is 109 Å². The summed E-state index contributed by atoms with van der Waals surface area (Å²) in [6.45, 7) is 0. The van der Waals surface area contributed by atoms with Crippen LogP contribution in [0.4, 0.5) is 5.69 Å². The van der Waals surface area contributed by atoms with Crippen LogP contribution in [0.5, 0.6) is 0 Å². The maximum Gasteiger partial charge on any atom is 0.259 e. The van der Waals surface area contributed by atoms with Crippen LogP contribution in [0.15, 0.2) is 29.1 Å². The molecule has 0 bridgehead atoms. The second-order valence-electron chi connectivity index (χ2n) is 6.91. The Hall–Kier alpha value is -2.65. The molecule has 1 aromatic carbocycles. The normalized spacial score (nSPS) is 12.9. The van der Waals surface area contributed by atoms with E-state index in [9.17, 15) is 14.4 Å². The summed E-state index contributed by atoms with van der Waals surface area (Å²) in [6, 6.07) is 6.56. The summed E-state index contributed by atoms with van der Waals surface area (Å²) < 4.78 is 0. The molecule has 0 unspecified atom stereocenters. The molecule has 9 heteroatoms. The SMILES string of the molecule is CN(C(=O)CSCc1nc2sc3c(c2c(=O)[nH]1)CCC3)c1ccc(C(N)=O)cc1. The quantitative estimate of drug-likeness (QED) is 0.627. The van der Waals surface area contributed by atoms with Crippen molar-refractivity contribution in [2.24, 2.45) is 5.73 Å². The van der Waals surface area contributed by atoms with E-state index in [1.807, 2.05) is 0 Å². The Balaban J connectivity index is 1.39. The number of thioether (sulfide) groups is 1. The van der Waals surface area contributed by atoms with Gasteiger partial charge in [0.1, 0.15) is 10.7 Å². The first-order valence-electron chi connectivity index (χ1n) is 9.21. The molecule has 0 fully saturated rings. The van der Waals surface area contributed by atoms with Crippen LogP contribution in [0.3, 0.4) is 0 Å². The minimum absolute atomic E-state index is 0.0806. The molecule has 2 aromatic heterocycles. The Labute approximate surface area is 175 Å². The van der Waals surface area contributed by atoms with Crippen molar-refractivity contribution in [3.63, 3.8) is 0 Å². The van der Waals surface area contributed by atoms with Crippen molar-refractivity contribution < 1.29 is 9.59 Å². The molecule has 3 aromatic rings. The number of fused-ring (bicyclic) bond motifs is 3. The summed E-state index contributed by atoms with van der Waals surface area (Å²) in [4.78, 5) is 47.1. The number of thiophene rings is 1. The van der Waals surface area contributed by atoms with Gasteiger partial charge in [0, 0.05) is 23.2 Å². The maximum atomic E-state index is 12.5. The minimum Gasteiger partial charge on any atom is -0.366 e. The molecule has 150 valence electrons. The first-order valence-corrected chi connectivity index (χ1v) is 11.2. The van der Waals surface area contributed by atoms with Gasteiger partial charge in [-0.1, -0.05) is 0 Å². The van der Waals surface area contributed by atoms with Crippen LogP contribution in [0.1, 0.15) is 33.0 Å². The molecule has 0 atom stereocenters. The number of H-pyrrole nitrogens is 1. The number of nitrogens with two attached hydrogens (primary N) is 1. The van der Waals surface area contributed by atoms with Gasteiger partial charge >= 0.3 is 0 Å². The van der Waals surface area contributed by atoms with Crippen LogP contribution in [0.2, 0.25) is 0 Å². The predicted octanol–water partition coefficient (Wildman–Crippen LogP) is 2.47. The number of benzene rings is 1. The molecule has 2 amide bonds. The first-order chi connectivity index (χ1) is 13.9. The average Bonchev–Trinajstić information content (AvgIpc) is 3.28. The van der Waals surface area contributed by atoms with Crippen molar-refractivity contribution in [3.05, 3.63) is 56.4 Å². The number of rotatable bonds is 6. The molecular weight excluding hydrogens is 408 g/mol. The highest BCUT2D eigenvalue weighted by atomic mass is 32.2. The molecule has 0 radical (unpaired) electrons. The van der Waals surface area contributed by atoms with Crippen molar-refractivity contribution in [1.29, 1.82) is 0 Å². The molecule has 1 aliphatic rings. The number of aromatic amines is 1. The Kier molecular flexibility index (Phi) is 5.42. The summed E-state index contributed by atoms with van der Waals surface area (Å²) in [5, 5.41) is 0.742. The molecule has 0 aliphatic heterocycles. The fourth-order valence-electron chi connectivity index (χ4n) is 3.44. The molecule has 3 N–H and O–H groups in total. The molecule has 29 heavy (non-hydrogen) atoms. The number of aryl methyl sites for hydroxylation is 2. The van der Waals surface area contributed by atoms with Crippen LogP contribution >= 0.6 is 23.1 Å². The molecular formula is C20H20N4O3S2. The summed E-state index contributed by atoms with van der Waals surface area (Å²) in [6.07, 6.45) is 3.09. The zero-order valence-electron chi connectivity index (χ0n) is 15.9. The van der Waals surface area contributed by atoms with Gasteiger partial charge in [0.05, 0.1) is 16.9 Å². The second kappa shape index (κ2) is 8.00. The van der Waals surface area contributed by atoms with Crippen molar-refractivity contribution in [2.75, 3.05) is 17.7 Å². The molecule has 2 heterocycles. The lowest BCUT2D eigenvalue weighted by Crippen LogP contribution is -2.28. The van der Waals surface area contributed by atoms with E-state index >= 15 is 0 Å². The number of hydrogen-bond acceptors (Lipinski definition) is 6. The van der Waals surface area contributed by atoms with E-state index in [0.717, 1.165) is 35.0 Å². The van der Waals surface area contributed by atoms with Gasteiger partial charge < -0.3 is 15.6 Å². The minimum atomic E-state index is -0.504. The Bertz CT molecular complexity index is 1150. The number of carbonyl (C=O) groups excluding carboxylic acids is 2. The summed E-state index contributed by atoms with van der Waals surface area (Å²) in [5.74, 6) is 0.703. The Morgan fingerprint density at radius 3 is 2.76 bits per heavy atom. The van der Waals surface area contributed by atoms with Crippen molar-refractivity contribution in [2.45, 2.75) is 25.0 Å². The number of nitrogens with one attached hydrogen (secondary N) is 1. The monoisotopic (exact) mass is 428 g/mol. The smallest absolute Gasteiger partial charge is 0.259 e. The number of hydrogen-bond donors (Lipinski definition) is 2. The van der Waals surface area contributed by atoms with Crippen LogP contribution in [-0.4, -0.2) is 34.6 Å². The highest BCUT2D eigenvalue weighted by Crippen LogP contribution is 2.34. The van der Waals surface area contributed by atoms with Crippen LogP contribution in [-0.2, 0) is 23.4 Å². The molecule has 0 saturated carbocycles. The van der Waals surface area contributed by atoms with Gasteiger partial charge in [-0.3, -0.25) is 14.4 Å². The van der Waals surface area contributed by atoms with Crippen LogP contribution in [0.25, 0.3) is 10.2 Å². The van der Waals surface area contributed by atoms with E-state index in [2.05, 4.69) is 9.97 Å². The highest BCUT2D eigenvalue weighted by Gasteiger charge is 2.21. The Morgan fingerprint density at radius 1 is 1.28 bits per heavy atom. The number of primary amides is 1. The molecule has 7 nitrogen and oxygen atoms in total. The number of aromatic nitrogens is 2. The second-order valence-corrected chi connectivity index (χ2v) is 8.98. The highest BCUT2D eigenvalue weighted by molar-refractivity contribution is 7.99. The average molecular weight is 429 g/mol. The van der Waals surface area contributed by atoms with Gasteiger partial charge in [-0.15, -0.1) is 23.1 Å². The fraction of sp³-hybridized carbons (Fsp3) is 0.300. The number of amides is 2. The zero-order chi connectivity index (χ0) is 20.5. The van der Waals surface area contributed by atoms with Crippen LogP contribution < -0.4 is 16.2 Å². The zero-order valence-corrected chi connectivity index (χ0v) is 17.5. The molecule has 1 aliphatic carbocycles. The lowest BCUT2D eigenvalue weighted by Gasteiger charge is -2.17. The van der Waals surface area contributed by atoms with E-state index in [1.165, 1.54) is 21.5 Å². The standard InChI is InChI=1S/C20H20N4O3S2/c1-24(12-7-5-11(6-8-12)18(21)26)16(25)10-28-9-15-22-19(27)17-13-3-2-4-14(13)29-20(17)23-15/h5-8H,2-4,9-10H2,1H3,(H2,21,26)(H,22,23,27). The summed E-state index contributed by atoms with van der Waals surface area (Å²) in [7, 11) is 1.68. The fourth-order valence-corrected chi connectivity index (χ4v) is 5.52. The van der Waals surface area contributed by atoms with Crippen molar-refractivity contribution in [3.8, 4) is 0 Å². The number of carbonyl (C=O) groups is 2. The third-order valence-corrected chi connectivity index (χ3v) is 7.12. The third kappa shape index (κ3) is 3.92. The summed E-state index contributed by atoms with van der Waals surface area (Å²) in [5.41, 5.74) is 7.40. The van der Waals surface area contributed by atoms with E-state index < -0.39 is 5.91 Å². The maximum absolute atomic E-state index is 12.5. The van der Waals surface area contributed by atoms with Gasteiger partial charge in [-0.2, -0.15) is 0 Å². The van der Waals surface area contributed by atoms with Gasteiger partial charge in [-0.25, -0.2) is 4.98 Å². The van der Waals surface area contributed by atoms with Crippen molar-refractivity contribution in [1.82, 2.24) is 9.97 Å². The largest absolute Gasteiger partial charge is 0.366 e. The predicted molar refractivity (Wildman–Crippen MR) is 117 cm³/mol. The third-order valence-electron chi connectivity index (χ3n) is 5.00. The lowest BCUT2D eigenvalue weighted by molar-refractivity contribution is -0.115. The van der Waals surface area contributed by atoms with Crippen molar-refractivity contribution >= 4 is 50.8 Å². The molecule has 0 spiro atoms. The van der Waals surface area contributed by atoms with E-state index in [0.29, 0.717) is 22.8 Å². The van der Waals surface area contributed by atoms with Gasteiger partial charge in [0.25, 0.3) is 5.56 Å². The van der Waals surface area contributed by atoms with Gasteiger partial charge in [-0.05, 0) is 49.1 Å². The summed E-state index contributed by atoms with van der Waals surface area (Å²) >= 11 is 3.01.